The van der Waals surface area contributed by atoms with Crippen molar-refractivity contribution >= 4 is 23.0 Å². The molecule has 1 atom stereocenters. The number of ether oxygens (including phenoxy) is 3. The van der Waals surface area contributed by atoms with E-state index in [4.69, 9.17) is 14.2 Å². The second-order valence-electron chi connectivity index (χ2n) is 7.91. The highest BCUT2D eigenvalue weighted by Crippen LogP contribution is 2.40. The van der Waals surface area contributed by atoms with Gasteiger partial charge in [0.25, 0.3) is 5.91 Å². The monoisotopic (exact) mass is 493 g/mol. The number of ketones is 1. The van der Waals surface area contributed by atoms with E-state index in [1.807, 2.05) is 37.3 Å². The largest absolute Gasteiger partial charge is 0.503 e. The molecule has 0 unspecified atom stereocenters. The number of rotatable bonds is 10. The summed E-state index contributed by atoms with van der Waals surface area (Å²) in [5, 5.41) is 12.6. The minimum atomic E-state index is -0.715. The van der Waals surface area contributed by atoms with Crippen LogP contribution in [-0.4, -0.2) is 49.1 Å². The number of carbonyl (C=O) groups excluding carboxylic acids is 2. The molecule has 3 aromatic rings. The van der Waals surface area contributed by atoms with E-state index in [2.05, 4.69) is 0 Å². The Labute approximate surface area is 208 Å². The van der Waals surface area contributed by atoms with Gasteiger partial charge in [-0.15, -0.1) is 11.3 Å². The molecule has 0 fully saturated rings. The summed E-state index contributed by atoms with van der Waals surface area (Å²) in [4.78, 5) is 28.6. The number of nitrogens with zero attached hydrogens (tertiary/aromatic N) is 1. The number of methoxy groups -OCH3 is 2. The maximum atomic E-state index is 13.3. The van der Waals surface area contributed by atoms with Crippen LogP contribution in [0.1, 0.15) is 33.8 Å². The molecule has 2 aromatic carbocycles. The molecular formula is C27H27NO6S. The van der Waals surface area contributed by atoms with Gasteiger partial charge in [-0.3, -0.25) is 9.59 Å². The van der Waals surface area contributed by atoms with Crippen molar-refractivity contribution < 1.29 is 28.9 Å². The summed E-state index contributed by atoms with van der Waals surface area (Å²) in [5.41, 5.74) is 1.74. The summed E-state index contributed by atoms with van der Waals surface area (Å²) in [6, 6.07) is 15.6. The standard InChI is InChI=1S/C27H27NO6S/c1-4-34-19-10-8-18(9-11-19)24-23(25(29)22-6-5-15-35-22)26(30)27(31)28(24)14-13-17-7-12-20(32-2)21(16-17)33-3/h5-12,15-16,24,30H,4,13-14H2,1-3H3/t24-/m1/s1. The Morgan fingerprint density at radius 2 is 1.80 bits per heavy atom. The van der Waals surface area contributed by atoms with Gasteiger partial charge >= 0.3 is 0 Å². The first-order chi connectivity index (χ1) is 17.0. The highest BCUT2D eigenvalue weighted by Gasteiger charge is 2.43. The first-order valence-corrected chi connectivity index (χ1v) is 12.1. The maximum Gasteiger partial charge on any atom is 0.290 e. The fourth-order valence-electron chi connectivity index (χ4n) is 4.20. The minimum absolute atomic E-state index is 0.0916. The molecule has 4 rings (SSSR count). The van der Waals surface area contributed by atoms with Crippen LogP contribution >= 0.6 is 11.3 Å². The number of hydrogen-bond acceptors (Lipinski definition) is 7. The van der Waals surface area contributed by atoms with Gasteiger partial charge < -0.3 is 24.2 Å². The van der Waals surface area contributed by atoms with Gasteiger partial charge in [0.2, 0.25) is 5.78 Å². The van der Waals surface area contributed by atoms with Gasteiger partial charge in [-0.1, -0.05) is 24.3 Å². The van der Waals surface area contributed by atoms with Crippen LogP contribution in [0.5, 0.6) is 17.2 Å². The van der Waals surface area contributed by atoms with Gasteiger partial charge in [0.1, 0.15) is 5.75 Å². The van der Waals surface area contributed by atoms with E-state index in [9.17, 15) is 14.7 Å². The van der Waals surface area contributed by atoms with Crippen molar-refractivity contribution in [1.29, 1.82) is 0 Å². The van der Waals surface area contributed by atoms with E-state index >= 15 is 0 Å². The summed E-state index contributed by atoms with van der Waals surface area (Å²) < 4.78 is 16.2. The highest BCUT2D eigenvalue weighted by molar-refractivity contribution is 7.12. The van der Waals surface area contributed by atoms with Gasteiger partial charge in [0.05, 0.1) is 37.3 Å². The molecule has 0 saturated heterocycles. The third kappa shape index (κ3) is 4.88. The molecule has 1 N–H and O–H groups in total. The molecule has 182 valence electrons. The lowest BCUT2D eigenvalue weighted by Gasteiger charge is -2.27. The highest BCUT2D eigenvalue weighted by atomic mass is 32.1. The van der Waals surface area contributed by atoms with E-state index in [1.54, 1.807) is 48.8 Å². The Morgan fingerprint density at radius 1 is 1.06 bits per heavy atom. The second kappa shape index (κ2) is 10.7. The number of aliphatic hydroxyl groups is 1. The zero-order valence-corrected chi connectivity index (χ0v) is 20.6. The predicted molar refractivity (Wildman–Crippen MR) is 134 cm³/mol. The predicted octanol–water partition coefficient (Wildman–Crippen LogP) is 4.99. The molecule has 8 heteroatoms. The zero-order chi connectivity index (χ0) is 24.9. The van der Waals surface area contributed by atoms with Gasteiger partial charge in [0, 0.05) is 6.54 Å². The van der Waals surface area contributed by atoms with Crippen molar-refractivity contribution in [3.63, 3.8) is 0 Å². The average molecular weight is 494 g/mol. The molecule has 1 aliphatic rings. The molecule has 0 saturated carbocycles. The smallest absolute Gasteiger partial charge is 0.290 e. The van der Waals surface area contributed by atoms with E-state index in [0.29, 0.717) is 35.2 Å². The molecule has 1 aliphatic heterocycles. The molecule has 7 nitrogen and oxygen atoms in total. The van der Waals surface area contributed by atoms with Gasteiger partial charge in [-0.2, -0.15) is 0 Å². The van der Waals surface area contributed by atoms with Crippen molar-refractivity contribution in [2.45, 2.75) is 19.4 Å². The van der Waals surface area contributed by atoms with Crippen molar-refractivity contribution in [1.82, 2.24) is 4.90 Å². The second-order valence-corrected chi connectivity index (χ2v) is 8.86. The average Bonchev–Trinajstić information content (AvgIpc) is 3.50. The number of carbonyl (C=O) groups is 2. The van der Waals surface area contributed by atoms with E-state index in [-0.39, 0.29) is 17.9 Å². The van der Waals surface area contributed by atoms with Gasteiger partial charge in [-0.25, -0.2) is 0 Å². The van der Waals surface area contributed by atoms with E-state index in [0.717, 1.165) is 11.1 Å². The summed E-state index contributed by atoms with van der Waals surface area (Å²) in [6.45, 7) is 2.72. The summed E-state index contributed by atoms with van der Waals surface area (Å²) in [5.74, 6) is 0.480. The van der Waals surface area contributed by atoms with Gasteiger partial charge in [0.15, 0.2) is 17.3 Å². The third-order valence-electron chi connectivity index (χ3n) is 5.89. The zero-order valence-electron chi connectivity index (χ0n) is 19.8. The van der Waals surface area contributed by atoms with Crippen molar-refractivity contribution in [3.05, 3.63) is 87.3 Å². The van der Waals surface area contributed by atoms with Crippen LogP contribution in [0.3, 0.4) is 0 Å². The van der Waals surface area contributed by atoms with Crippen LogP contribution in [0.4, 0.5) is 0 Å². The third-order valence-corrected chi connectivity index (χ3v) is 6.76. The van der Waals surface area contributed by atoms with Crippen molar-refractivity contribution in [3.8, 4) is 17.2 Å². The minimum Gasteiger partial charge on any atom is -0.503 e. The summed E-state index contributed by atoms with van der Waals surface area (Å²) in [6.07, 6.45) is 0.493. The molecule has 0 bridgehead atoms. The molecular weight excluding hydrogens is 466 g/mol. The lowest BCUT2D eigenvalue weighted by Crippen LogP contribution is -2.33. The molecule has 0 spiro atoms. The quantitative estimate of drug-likeness (QED) is 0.401. The first-order valence-electron chi connectivity index (χ1n) is 11.2. The Morgan fingerprint density at radius 3 is 2.43 bits per heavy atom. The molecule has 0 aliphatic carbocycles. The lowest BCUT2D eigenvalue weighted by atomic mass is 9.95. The fraction of sp³-hybridized carbons (Fsp3) is 0.259. The molecule has 2 heterocycles. The van der Waals surface area contributed by atoms with Crippen LogP contribution < -0.4 is 14.2 Å². The Kier molecular flexibility index (Phi) is 7.41. The van der Waals surface area contributed by atoms with Crippen LogP contribution in [0.25, 0.3) is 0 Å². The topological polar surface area (TPSA) is 85.3 Å². The number of Topliss-reactive ketones (excluding diaryl/α,β-unsaturated/α-hetero) is 1. The number of amides is 1. The van der Waals surface area contributed by atoms with Crippen LogP contribution in [0.15, 0.2) is 71.3 Å². The fourth-order valence-corrected chi connectivity index (χ4v) is 4.88. The lowest BCUT2D eigenvalue weighted by molar-refractivity contribution is -0.129. The Bertz CT molecular complexity index is 1230. The van der Waals surface area contributed by atoms with Crippen LogP contribution in [0.2, 0.25) is 0 Å². The van der Waals surface area contributed by atoms with Crippen LogP contribution in [0, 0.1) is 0 Å². The SMILES string of the molecule is CCOc1ccc([C@@H]2C(C(=O)c3cccs3)=C(O)C(=O)N2CCc2ccc(OC)c(OC)c2)cc1. The number of thiophene rings is 1. The number of benzene rings is 2. The normalized spacial score (nSPS) is 15.5. The molecule has 35 heavy (non-hydrogen) atoms. The first kappa shape index (κ1) is 24.3. The van der Waals surface area contributed by atoms with Gasteiger partial charge in [-0.05, 0) is 60.2 Å². The molecule has 0 radical (unpaired) electrons. The van der Waals surface area contributed by atoms with Crippen molar-refractivity contribution in [2.75, 3.05) is 27.4 Å². The van der Waals surface area contributed by atoms with E-state index < -0.39 is 17.7 Å². The maximum absolute atomic E-state index is 13.3. The molecule has 1 aromatic heterocycles. The van der Waals surface area contributed by atoms with Crippen molar-refractivity contribution in [2.24, 2.45) is 0 Å². The number of aliphatic hydroxyl groups excluding tert-OH is 1. The Balaban J connectivity index is 1.67. The summed E-state index contributed by atoms with van der Waals surface area (Å²) in [7, 11) is 3.14. The van der Waals surface area contributed by atoms with Crippen LogP contribution in [-0.2, 0) is 11.2 Å². The van der Waals surface area contributed by atoms with E-state index in [1.165, 1.54) is 11.3 Å². The Hall–Kier alpha value is -3.78. The summed E-state index contributed by atoms with van der Waals surface area (Å²) >= 11 is 1.28. The number of hydrogen-bond donors (Lipinski definition) is 1. The molecule has 1 amide bonds.